The average molecular weight is 380 g/mol. The van der Waals surface area contributed by atoms with E-state index in [0.29, 0.717) is 19.7 Å². The molecule has 0 bridgehead atoms. The fourth-order valence-electron chi connectivity index (χ4n) is 3.82. The van der Waals surface area contributed by atoms with Gasteiger partial charge < -0.3 is 19.3 Å². The monoisotopic (exact) mass is 380 g/mol. The molecule has 1 amide bonds. The summed E-state index contributed by atoms with van der Waals surface area (Å²) in [6, 6.07) is 14.8. The normalized spacial score (nSPS) is 16.5. The first kappa shape index (κ1) is 18.7. The third-order valence-electron chi connectivity index (χ3n) is 5.17. The molecule has 2 heterocycles. The minimum Gasteiger partial charge on any atom is -0.490 e. The Balaban J connectivity index is 1.58. The Hall–Kier alpha value is -2.69. The second kappa shape index (κ2) is 7.38. The summed E-state index contributed by atoms with van der Waals surface area (Å²) in [6.45, 7) is 8.56. The lowest BCUT2D eigenvalue weighted by Gasteiger charge is -2.32. The van der Waals surface area contributed by atoms with E-state index >= 15 is 0 Å². The number of benzene rings is 2. The van der Waals surface area contributed by atoms with Gasteiger partial charge in [0.05, 0.1) is 12.2 Å². The molecule has 4 rings (SSSR count). The fraction of sp³-hybridized carbons (Fsp3) is 0.435. The zero-order valence-electron chi connectivity index (χ0n) is 16.9. The van der Waals surface area contributed by atoms with Crippen LogP contribution >= 0.6 is 0 Å². The summed E-state index contributed by atoms with van der Waals surface area (Å²) in [5, 5.41) is 0. The van der Waals surface area contributed by atoms with Crippen molar-refractivity contribution in [2.75, 3.05) is 31.1 Å². The molecule has 0 atom stereocenters. The van der Waals surface area contributed by atoms with E-state index in [-0.39, 0.29) is 6.09 Å². The first-order valence-electron chi connectivity index (χ1n) is 10.00. The van der Waals surface area contributed by atoms with Gasteiger partial charge in [-0.15, -0.1) is 0 Å². The highest BCUT2D eigenvalue weighted by Gasteiger charge is 2.27. The van der Waals surface area contributed by atoms with Gasteiger partial charge in [-0.2, -0.15) is 0 Å². The van der Waals surface area contributed by atoms with Crippen LogP contribution in [0, 0.1) is 0 Å². The maximum atomic E-state index is 12.5. The van der Waals surface area contributed by atoms with Crippen LogP contribution in [0.1, 0.15) is 31.9 Å². The zero-order valence-corrected chi connectivity index (χ0v) is 16.9. The number of rotatable bonds is 1. The predicted molar refractivity (Wildman–Crippen MR) is 111 cm³/mol. The summed E-state index contributed by atoms with van der Waals surface area (Å²) in [5.41, 5.74) is 4.37. The van der Waals surface area contributed by atoms with Gasteiger partial charge in [0.15, 0.2) is 0 Å². The number of para-hydroxylation sites is 1. The molecule has 2 aliphatic rings. The van der Waals surface area contributed by atoms with Gasteiger partial charge in [-0.1, -0.05) is 18.2 Å². The van der Waals surface area contributed by atoms with E-state index in [1.54, 1.807) is 0 Å². The number of carbonyl (C=O) groups is 1. The lowest BCUT2D eigenvalue weighted by atomic mass is 10.00. The van der Waals surface area contributed by atoms with Gasteiger partial charge in [-0.05, 0) is 69.0 Å². The molecule has 0 unspecified atom stereocenters. The number of amides is 1. The van der Waals surface area contributed by atoms with Crippen LogP contribution < -0.4 is 9.64 Å². The van der Waals surface area contributed by atoms with E-state index in [4.69, 9.17) is 9.47 Å². The largest absolute Gasteiger partial charge is 0.490 e. The maximum absolute atomic E-state index is 12.5. The molecule has 0 saturated heterocycles. The Bertz CT molecular complexity index is 858. The van der Waals surface area contributed by atoms with Gasteiger partial charge >= 0.3 is 6.09 Å². The summed E-state index contributed by atoms with van der Waals surface area (Å²) in [7, 11) is 0. The van der Waals surface area contributed by atoms with Crippen LogP contribution in [-0.2, 0) is 17.6 Å². The topological polar surface area (TPSA) is 42.0 Å². The molecule has 5 heteroatoms. The second-order valence-electron chi connectivity index (χ2n) is 8.39. The molecule has 148 valence electrons. The molecule has 2 aromatic rings. The van der Waals surface area contributed by atoms with Crippen molar-refractivity contribution < 1.29 is 14.3 Å². The minimum absolute atomic E-state index is 0.229. The van der Waals surface area contributed by atoms with Crippen LogP contribution in [0.5, 0.6) is 5.75 Å². The number of hydrogen-bond acceptors (Lipinski definition) is 4. The average Bonchev–Trinajstić information content (AvgIpc) is 2.87. The highest BCUT2D eigenvalue weighted by atomic mass is 16.6. The van der Waals surface area contributed by atoms with Crippen LogP contribution in [-0.4, -0.2) is 42.8 Å². The van der Waals surface area contributed by atoms with Crippen molar-refractivity contribution in [3.63, 3.8) is 0 Å². The van der Waals surface area contributed by atoms with Gasteiger partial charge in [0.25, 0.3) is 0 Å². The third kappa shape index (κ3) is 3.93. The molecule has 2 aromatic carbocycles. The van der Waals surface area contributed by atoms with E-state index in [0.717, 1.165) is 30.8 Å². The second-order valence-corrected chi connectivity index (χ2v) is 8.39. The van der Waals surface area contributed by atoms with Gasteiger partial charge in [0.1, 0.15) is 18.0 Å². The van der Waals surface area contributed by atoms with Crippen molar-refractivity contribution in [2.24, 2.45) is 0 Å². The summed E-state index contributed by atoms with van der Waals surface area (Å²) in [5.74, 6) is 0.930. The fourth-order valence-corrected chi connectivity index (χ4v) is 3.82. The first-order chi connectivity index (χ1) is 13.4. The summed E-state index contributed by atoms with van der Waals surface area (Å²) in [6.07, 6.45) is 1.41. The molecule has 28 heavy (non-hydrogen) atoms. The van der Waals surface area contributed by atoms with E-state index in [1.165, 1.54) is 16.8 Å². The van der Waals surface area contributed by atoms with E-state index in [1.807, 2.05) is 31.7 Å². The summed E-state index contributed by atoms with van der Waals surface area (Å²) in [4.78, 5) is 16.6. The lowest BCUT2D eigenvalue weighted by molar-refractivity contribution is 0.0258. The Morgan fingerprint density at radius 1 is 1.00 bits per heavy atom. The quantitative estimate of drug-likeness (QED) is 0.728. The van der Waals surface area contributed by atoms with Crippen molar-refractivity contribution in [3.8, 4) is 5.75 Å². The van der Waals surface area contributed by atoms with Crippen molar-refractivity contribution in [1.29, 1.82) is 0 Å². The number of nitrogens with zero attached hydrogens (tertiary/aromatic N) is 2. The molecule has 5 nitrogen and oxygen atoms in total. The summed E-state index contributed by atoms with van der Waals surface area (Å²) < 4.78 is 11.5. The van der Waals surface area contributed by atoms with Crippen molar-refractivity contribution in [1.82, 2.24) is 4.90 Å². The lowest BCUT2D eigenvalue weighted by Crippen LogP contribution is -2.38. The number of ether oxygens (including phenoxy) is 2. The first-order valence-corrected chi connectivity index (χ1v) is 10.00. The number of anilines is 2. The molecule has 0 aliphatic carbocycles. The van der Waals surface area contributed by atoms with Crippen LogP contribution in [0.15, 0.2) is 42.5 Å². The van der Waals surface area contributed by atoms with E-state index in [9.17, 15) is 4.79 Å². The number of carbonyl (C=O) groups excluding carboxylic acids is 1. The molecule has 0 saturated carbocycles. The van der Waals surface area contributed by atoms with Gasteiger partial charge in [0.2, 0.25) is 0 Å². The maximum Gasteiger partial charge on any atom is 0.410 e. The number of fused-ring (bicyclic) bond motifs is 2. The van der Waals surface area contributed by atoms with Crippen LogP contribution in [0.25, 0.3) is 0 Å². The molecular weight excluding hydrogens is 352 g/mol. The van der Waals surface area contributed by atoms with Crippen LogP contribution in [0.4, 0.5) is 16.2 Å². The van der Waals surface area contributed by atoms with Crippen LogP contribution in [0.3, 0.4) is 0 Å². The Morgan fingerprint density at radius 3 is 2.36 bits per heavy atom. The SMILES string of the molecule is CC(C)(C)OC(=O)N1CCc2cc3c(cc2CC1)N(c1ccccc1)CCO3. The van der Waals surface area contributed by atoms with Crippen molar-refractivity contribution >= 4 is 17.5 Å². The minimum atomic E-state index is -0.473. The van der Waals surface area contributed by atoms with Gasteiger partial charge in [-0.25, -0.2) is 4.79 Å². The molecule has 2 aliphatic heterocycles. The Labute approximate surface area is 166 Å². The van der Waals surface area contributed by atoms with Gasteiger partial charge in [0, 0.05) is 18.8 Å². The molecule has 0 aromatic heterocycles. The van der Waals surface area contributed by atoms with Crippen molar-refractivity contribution in [2.45, 2.75) is 39.2 Å². The molecule has 0 N–H and O–H groups in total. The number of hydrogen-bond donors (Lipinski definition) is 0. The molecule has 0 spiro atoms. The summed E-state index contributed by atoms with van der Waals surface area (Å²) >= 11 is 0. The highest BCUT2D eigenvalue weighted by molar-refractivity contribution is 5.72. The highest BCUT2D eigenvalue weighted by Crippen LogP contribution is 2.39. The van der Waals surface area contributed by atoms with Crippen LogP contribution in [0.2, 0.25) is 0 Å². The standard InChI is InChI=1S/C23H28N2O3/c1-23(2,3)28-22(26)24-11-9-17-15-20-21(16-18(17)10-12-24)27-14-13-25(20)19-7-5-4-6-8-19/h4-8,15-16H,9-14H2,1-3H3. The molecule has 0 fully saturated rings. The molecular formula is C23H28N2O3. The zero-order chi connectivity index (χ0) is 19.7. The Morgan fingerprint density at radius 2 is 1.68 bits per heavy atom. The van der Waals surface area contributed by atoms with Crippen molar-refractivity contribution in [3.05, 3.63) is 53.6 Å². The van der Waals surface area contributed by atoms with E-state index < -0.39 is 5.60 Å². The third-order valence-corrected chi connectivity index (χ3v) is 5.17. The smallest absolute Gasteiger partial charge is 0.410 e. The van der Waals surface area contributed by atoms with E-state index in [2.05, 4.69) is 41.3 Å². The molecule has 0 radical (unpaired) electrons. The predicted octanol–water partition coefficient (Wildman–Crippen LogP) is 4.55. The van der Waals surface area contributed by atoms with Gasteiger partial charge in [-0.3, -0.25) is 0 Å². The Kier molecular flexibility index (Phi) is 4.92.